The number of rotatable bonds is 9. The number of hydrogen-bond donors (Lipinski definition) is 3. The molecular weight excluding hydrogens is 520 g/mol. The number of esters is 1. The standard InChI is InChI=1S/C28H30N4O8/c1-28(2,3)40-27(38)31-21-15-29-24(18-8-6-5-7-9-18)32(25(21)36)16-22(34)30-20(23(35)26(37)39-4)14-17-10-12-19(33)13-11-17/h5-13,15,20,33H,14,16H2,1-4H3,(H,30,34)(H,31,38). The summed E-state index contributed by atoms with van der Waals surface area (Å²) in [6.45, 7) is 4.39. The Morgan fingerprint density at radius 2 is 1.68 bits per heavy atom. The molecule has 12 nitrogen and oxygen atoms in total. The summed E-state index contributed by atoms with van der Waals surface area (Å²) in [7, 11) is 1.04. The monoisotopic (exact) mass is 550 g/mol. The van der Waals surface area contributed by atoms with Crippen molar-refractivity contribution in [1.29, 1.82) is 0 Å². The van der Waals surface area contributed by atoms with Gasteiger partial charge < -0.3 is 19.9 Å². The molecule has 3 rings (SSSR count). The van der Waals surface area contributed by atoms with Crippen molar-refractivity contribution in [2.75, 3.05) is 12.4 Å². The van der Waals surface area contributed by atoms with E-state index >= 15 is 0 Å². The second kappa shape index (κ2) is 12.7. The molecular formula is C28H30N4O8. The van der Waals surface area contributed by atoms with Crippen molar-refractivity contribution in [3.8, 4) is 17.1 Å². The van der Waals surface area contributed by atoms with Gasteiger partial charge in [0.15, 0.2) is 0 Å². The molecule has 1 unspecified atom stereocenters. The number of carbonyl (C=O) groups excluding carboxylic acids is 4. The van der Waals surface area contributed by atoms with Crippen molar-refractivity contribution in [2.24, 2.45) is 0 Å². The van der Waals surface area contributed by atoms with Gasteiger partial charge >= 0.3 is 12.1 Å². The number of amides is 2. The van der Waals surface area contributed by atoms with E-state index < -0.39 is 47.5 Å². The first-order valence-corrected chi connectivity index (χ1v) is 12.2. The van der Waals surface area contributed by atoms with Gasteiger partial charge in [-0.2, -0.15) is 0 Å². The van der Waals surface area contributed by atoms with Gasteiger partial charge in [-0.25, -0.2) is 14.6 Å². The lowest BCUT2D eigenvalue weighted by atomic mass is 10.0. The lowest BCUT2D eigenvalue weighted by Gasteiger charge is -2.20. The molecule has 0 bridgehead atoms. The Kier molecular flexibility index (Phi) is 9.38. The first kappa shape index (κ1) is 29.6. The number of carbonyl (C=O) groups is 4. The maximum absolute atomic E-state index is 13.4. The first-order valence-electron chi connectivity index (χ1n) is 12.2. The number of aromatic hydroxyl groups is 1. The zero-order valence-corrected chi connectivity index (χ0v) is 22.5. The lowest BCUT2D eigenvalue weighted by Crippen LogP contribution is -2.47. The highest BCUT2D eigenvalue weighted by molar-refractivity contribution is 6.36. The number of methoxy groups -OCH3 is 1. The van der Waals surface area contributed by atoms with E-state index in [4.69, 9.17) is 4.74 Å². The highest BCUT2D eigenvalue weighted by Gasteiger charge is 2.29. The normalized spacial score (nSPS) is 11.7. The van der Waals surface area contributed by atoms with Crippen molar-refractivity contribution in [3.63, 3.8) is 0 Å². The smallest absolute Gasteiger partial charge is 0.412 e. The fraction of sp³-hybridized carbons (Fsp3) is 0.286. The van der Waals surface area contributed by atoms with Gasteiger partial charge in [-0.3, -0.25) is 24.3 Å². The second-order valence-electron chi connectivity index (χ2n) is 9.73. The number of benzene rings is 2. The number of nitrogens with one attached hydrogen (secondary N) is 2. The van der Waals surface area contributed by atoms with Crippen LogP contribution in [0.15, 0.2) is 65.6 Å². The summed E-state index contributed by atoms with van der Waals surface area (Å²) in [5.74, 6) is -2.81. The van der Waals surface area contributed by atoms with Gasteiger partial charge in [-0.1, -0.05) is 42.5 Å². The molecule has 2 amide bonds. The summed E-state index contributed by atoms with van der Waals surface area (Å²) in [6.07, 6.45) is 0.198. The van der Waals surface area contributed by atoms with E-state index in [9.17, 15) is 29.1 Å². The average Bonchev–Trinajstić information content (AvgIpc) is 2.90. The Morgan fingerprint density at radius 1 is 1.02 bits per heavy atom. The van der Waals surface area contributed by atoms with Gasteiger partial charge in [0.05, 0.1) is 13.3 Å². The summed E-state index contributed by atoms with van der Waals surface area (Å²) >= 11 is 0. The number of hydrogen-bond acceptors (Lipinski definition) is 9. The molecule has 12 heteroatoms. The SMILES string of the molecule is COC(=O)C(=O)C(Cc1ccc(O)cc1)NC(=O)Cn1c(-c2ccccc2)ncc(NC(=O)OC(C)(C)C)c1=O. The molecule has 3 aromatic rings. The number of aromatic nitrogens is 2. The zero-order valence-electron chi connectivity index (χ0n) is 22.5. The summed E-state index contributed by atoms with van der Waals surface area (Å²) in [5.41, 5.74) is -0.730. The first-order chi connectivity index (χ1) is 18.9. The molecule has 40 heavy (non-hydrogen) atoms. The minimum atomic E-state index is -1.32. The molecule has 0 aliphatic rings. The number of nitrogens with zero attached hydrogens (tertiary/aromatic N) is 2. The molecule has 1 atom stereocenters. The minimum absolute atomic E-state index is 0.00354. The van der Waals surface area contributed by atoms with Crippen LogP contribution in [0.2, 0.25) is 0 Å². The Morgan fingerprint density at radius 3 is 2.27 bits per heavy atom. The van der Waals surface area contributed by atoms with E-state index in [2.05, 4.69) is 20.4 Å². The van der Waals surface area contributed by atoms with Gasteiger partial charge in [-0.05, 0) is 38.5 Å². The third-order valence-electron chi connectivity index (χ3n) is 5.43. The van der Waals surface area contributed by atoms with Crippen molar-refractivity contribution < 1.29 is 33.8 Å². The number of anilines is 1. The van der Waals surface area contributed by atoms with Crippen molar-refractivity contribution in [2.45, 2.75) is 45.4 Å². The van der Waals surface area contributed by atoms with E-state index in [1.54, 1.807) is 51.1 Å². The van der Waals surface area contributed by atoms with E-state index in [-0.39, 0.29) is 23.7 Å². The van der Waals surface area contributed by atoms with E-state index in [0.717, 1.165) is 17.9 Å². The maximum Gasteiger partial charge on any atom is 0.412 e. The van der Waals surface area contributed by atoms with E-state index in [0.29, 0.717) is 11.1 Å². The van der Waals surface area contributed by atoms with Gasteiger partial charge in [0.1, 0.15) is 35.4 Å². The maximum atomic E-state index is 13.4. The van der Waals surface area contributed by atoms with Crippen molar-refractivity contribution in [3.05, 3.63) is 76.7 Å². The van der Waals surface area contributed by atoms with E-state index in [1.165, 1.54) is 24.3 Å². The molecule has 1 heterocycles. The summed E-state index contributed by atoms with van der Waals surface area (Å²) in [6, 6.07) is 13.1. The van der Waals surface area contributed by atoms with Gasteiger partial charge in [-0.15, -0.1) is 0 Å². The number of phenols is 1. The molecule has 2 aromatic carbocycles. The van der Waals surface area contributed by atoms with Gasteiger partial charge in [0, 0.05) is 12.0 Å². The van der Waals surface area contributed by atoms with Crippen LogP contribution in [0.25, 0.3) is 11.4 Å². The predicted octanol–water partition coefficient (Wildman–Crippen LogP) is 2.43. The van der Waals surface area contributed by atoms with Crippen molar-refractivity contribution >= 4 is 29.4 Å². The Hall–Kier alpha value is -5.00. The van der Waals surface area contributed by atoms with Crippen LogP contribution in [-0.2, 0) is 36.8 Å². The van der Waals surface area contributed by atoms with Gasteiger partial charge in [0.25, 0.3) is 11.3 Å². The summed E-state index contributed by atoms with van der Waals surface area (Å²) in [5, 5.41) is 14.4. The molecule has 210 valence electrons. The summed E-state index contributed by atoms with van der Waals surface area (Å²) < 4.78 is 10.8. The summed E-state index contributed by atoms with van der Waals surface area (Å²) in [4.78, 5) is 67.9. The number of phenolic OH excluding ortho intramolecular Hbond substituents is 1. The molecule has 0 fully saturated rings. The third-order valence-corrected chi connectivity index (χ3v) is 5.43. The number of ether oxygens (including phenoxy) is 2. The van der Waals surface area contributed by atoms with Crippen LogP contribution in [0.5, 0.6) is 5.75 Å². The minimum Gasteiger partial charge on any atom is -0.508 e. The van der Waals surface area contributed by atoms with Crippen LogP contribution in [-0.4, -0.2) is 57.2 Å². The lowest BCUT2D eigenvalue weighted by molar-refractivity contribution is -0.152. The van der Waals surface area contributed by atoms with Crippen LogP contribution >= 0.6 is 0 Å². The van der Waals surface area contributed by atoms with Gasteiger partial charge in [0.2, 0.25) is 5.91 Å². The van der Waals surface area contributed by atoms with Crippen LogP contribution < -0.4 is 16.2 Å². The quantitative estimate of drug-likeness (QED) is 0.268. The van der Waals surface area contributed by atoms with Crippen LogP contribution in [0.4, 0.5) is 10.5 Å². The molecule has 0 radical (unpaired) electrons. The topological polar surface area (TPSA) is 166 Å². The third kappa shape index (κ3) is 8.00. The molecule has 0 saturated carbocycles. The van der Waals surface area contributed by atoms with Crippen LogP contribution in [0, 0.1) is 0 Å². The Bertz CT molecular complexity index is 1440. The molecule has 3 N–H and O–H groups in total. The molecule has 1 aromatic heterocycles. The molecule has 0 saturated heterocycles. The largest absolute Gasteiger partial charge is 0.508 e. The Labute approximate surface area is 230 Å². The van der Waals surface area contributed by atoms with Crippen molar-refractivity contribution in [1.82, 2.24) is 14.9 Å². The second-order valence-corrected chi connectivity index (χ2v) is 9.73. The number of Topliss-reactive ketones (excluding diaryl/α,β-unsaturated/α-hetero) is 1. The zero-order chi connectivity index (χ0) is 29.4. The highest BCUT2D eigenvalue weighted by Crippen LogP contribution is 2.17. The van der Waals surface area contributed by atoms with Crippen LogP contribution in [0.3, 0.4) is 0 Å². The highest BCUT2D eigenvalue weighted by atomic mass is 16.6. The fourth-order valence-corrected chi connectivity index (χ4v) is 3.66. The molecule has 0 aliphatic carbocycles. The molecule has 0 aliphatic heterocycles. The average molecular weight is 551 g/mol. The predicted molar refractivity (Wildman–Crippen MR) is 145 cm³/mol. The van der Waals surface area contributed by atoms with E-state index in [1.807, 2.05) is 0 Å². The number of ketones is 1. The van der Waals surface area contributed by atoms with Crippen LogP contribution in [0.1, 0.15) is 26.3 Å². The molecule has 0 spiro atoms. The fourth-order valence-electron chi connectivity index (χ4n) is 3.66. The Balaban J connectivity index is 1.94.